The van der Waals surface area contributed by atoms with E-state index in [4.69, 9.17) is 4.74 Å². The number of amides is 1. The number of sulfone groups is 1. The van der Waals surface area contributed by atoms with Gasteiger partial charge in [0.15, 0.2) is 5.96 Å². The van der Waals surface area contributed by atoms with Crippen LogP contribution in [-0.2, 0) is 19.4 Å². The van der Waals surface area contributed by atoms with Crippen LogP contribution in [0.5, 0.6) is 0 Å². The van der Waals surface area contributed by atoms with Gasteiger partial charge in [-0.3, -0.25) is 4.79 Å². The minimum atomic E-state index is -2.98. The smallest absolute Gasteiger partial charge is 0.241 e. The fourth-order valence-electron chi connectivity index (χ4n) is 1.52. The number of guanidine groups is 1. The molecule has 0 bridgehead atoms. The van der Waals surface area contributed by atoms with E-state index in [9.17, 15) is 13.2 Å². The normalized spacial score (nSPS) is 13.5. The average molecular weight is 336 g/mol. The van der Waals surface area contributed by atoms with Gasteiger partial charge < -0.3 is 20.7 Å². The lowest BCUT2D eigenvalue weighted by Gasteiger charge is -2.17. The number of methoxy groups -OCH3 is 1. The molecular weight excluding hydrogens is 308 g/mol. The van der Waals surface area contributed by atoms with E-state index in [-0.39, 0.29) is 24.2 Å². The fraction of sp³-hybridized carbons (Fsp3) is 0.846. The third-order valence-corrected chi connectivity index (χ3v) is 3.64. The van der Waals surface area contributed by atoms with Gasteiger partial charge in [-0.25, -0.2) is 13.4 Å². The maximum Gasteiger partial charge on any atom is 0.241 e. The van der Waals surface area contributed by atoms with Gasteiger partial charge in [-0.1, -0.05) is 0 Å². The van der Waals surface area contributed by atoms with E-state index in [0.717, 1.165) is 0 Å². The Bertz CT molecular complexity index is 451. The van der Waals surface area contributed by atoms with Crippen molar-refractivity contribution in [3.8, 4) is 0 Å². The number of nitrogens with one attached hydrogen (secondary N) is 3. The van der Waals surface area contributed by atoms with Crippen molar-refractivity contribution >= 4 is 21.7 Å². The molecule has 0 radical (unpaired) electrons. The standard InChI is InChI=1S/C13H28N4O4S/c1-5-14-13(16-10-12(18)15-7-8-21-3)17-11(2)6-9-22(4,19)20/h11H,5-10H2,1-4H3,(H,15,18)(H2,14,16,17). The molecule has 0 saturated carbocycles. The van der Waals surface area contributed by atoms with Gasteiger partial charge in [0.05, 0.1) is 12.4 Å². The van der Waals surface area contributed by atoms with Gasteiger partial charge in [0.1, 0.15) is 16.4 Å². The number of carbonyl (C=O) groups is 1. The van der Waals surface area contributed by atoms with E-state index >= 15 is 0 Å². The zero-order chi connectivity index (χ0) is 17.0. The van der Waals surface area contributed by atoms with Crippen molar-refractivity contribution in [3.63, 3.8) is 0 Å². The molecule has 22 heavy (non-hydrogen) atoms. The number of hydrogen-bond donors (Lipinski definition) is 3. The number of nitrogens with zero attached hydrogens (tertiary/aromatic N) is 1. The zero-order valence-corrected chi connectivity index (χ0v) is 14.6. The van der Waals surface area contributed by atoms with Crippen molar-refractivity contribution in [3.05, 3.63) is 0 Å². The van der Waals surface area contributed by atoms with Crippen molar-refractivity contribution in [2.45, 2.75) is 26.3 Å². The Balaban J connectivity index is 4.32. The molecule has 0 aliphatic carbocycles. The maximum absolute atomic E-state index is 11.6. The number of ether oxygens (including phenoxy) is 1. The van der Waals surface area contributed by atoms with Crippen LogP contribution in [0.15, 0.2) is 4.99 Å². The van der Waals surface area contributed by atoms with Gasteiger partial charge in [-0.15, -0.1) is 0 Å². The Hall–Kier alpha value is -1.35. The molecule has 9 heteroatoms. The quantitative estimate of drug-likeness (QED) is 0.272. The lowest BCUT2D eigenvalue weighted by atomic mass is 10.3. The summed E-state index contributed by atoms with van der Waals surface area (Å²) >= 11 is 0. The average Bonchev–Trinajstić information content (AvgIpc) is 2.42. The second-order valence-corrected chi connectivity index (χ2v) is 7.26. The van der Waals surface area contributed by atoms with Crippen LogP contribution < -0.4 is 16.0 Å². The molecule has 0 rings (SSSR count). The maximum atomic E-state index is 11.6. The molecule has 1 atom stereocenters. The van der Waals surface area contributed by atoms with Crippen LogP contribution in [-0.4, -0.2) is 71.7 Å². The summed E-state index contributed by atoms with van der Waals surface area (Å²) in [5, 5.41) is 8.77. The number of rotatable bonds is 10. The Morgan fingerprint density at radius 2 is 2.00 bits per heavy atom. The van der Waals surface area contributed by atoms with Crippen LogP contribution in [0.1, 0.15) is 20.3 Å². The van der Waals surface area contributed by atoms with Crippen molar-refractivity contribution in [1.82, 2.24) is 16.0 Å². The van der Waals surface area contributed by atoms with E-state index in [0.29, 0.717) is 32.1 Å². The SMILES string of the molecule is CCNC(=NCC(=O)NCCOC)NC(C)CCS(C)(=O)=O. The van der Waals surface area contributed by atoms with Crippen LogP contribution >= 0.6 is 0 Å². The van der Waals surface area contributed by atoms with E-state index in [2.05, 4.69) is 20.9 Å². The summed E-state index contributed by atoms with van der Waals surface area (Å²) < 4.78 is 27.1. The first-order valence-electron chi connectivity index (χ1n) is 7.26. The summed E-state index contributed by atoms with van der Waals surface area (Å²) in [6.07, 6.45) is 1.69. The molecule has 1 amide bonds. The summed E-state index contributed by atoms with van der Waals surface area (Å²) in [6.45, 7) is 5.33. The van der Waals surface area contributed by atoms with Gasteiger partial charge in [0.25, 0.3) is 0 Å². The van der Waals surface area contributed by atoms with Crippen LogP contribution in [0.4, 0.5) is 0 Å². The molecular formula is C13H28N4O4S. The van der Waals surface area contributed by atoms with Crippen LogP contribution in [0.3, 0.4) is 0 Å². The highest BCUT2D eigenvalue weighted by Gasteiger charge is 2.10. The third-order valence-electron chi connectivity index (χ3n) is 2.66. The van der Waals surface area contributed by atoms with E-state index < -0.39 is 9.84 Å². The highest BCUT2D eigenvalue weighted by Crippen LogP contribution is 1.95. The Morgan fingerprint density at radius 3 is 2.55 bits per heavy atom. The molecule has 130 valence electrons. The number of hydrogen-bond acceptors (Lipinski definition) is 5. The first-order valence-corrected chi connectivity index (χ1v) is 9.32. The molecule has 0 spiro atoms. The minimum absolute atomic E-state index is 0.00214. The summed E-state index contributed by atoms with van der Waals surface area (Å²) in [6, 6.07) is -0.0657. The highest BCUT2D eigenvalue weighted by molar-refractivity contribution is 7.90. The zero-order valence-electron chi connectivity index (χ0n) is 13.8. The van der Waals surface area contributed by atoms with Gasteiger partial charge in [0, 0.05) is 32.5 Å². The molecule has 0 aromatic carbocycles. The van der Waals surface area contributed by atoms with Crippen LogP contribution in [0.25, 0.3) is 0 Å². The monoisotopic (exact) mass is 336 g/mol. The molecule has 0 heterocycles. The van der Waals surface area contributed by atoms with Gasteiger partial charge in [0.2, 0.25) is 5.91 Å². The summed E-state index contributed by atoms with van der Waals surface area (Å²) in [5.74, 6) is 0.404. The molecule has 8 nitrogen and oxygen atoms in total. The van der Waals surface area contributed by atoms with Gasteiger partial charge >= 0.3 is 0 Å². The number of carbonyl (C=O) groups excluding carboxylic acids is 1. The Kier molecular flexibility index (Phi) is 10.6. The highest BCUT2D eigenvalue weighted by atomic mass is 32.2. The topological polar surface area (TPSA) is 109 Å². The van der Waals surface area contributed by atoms with Crippen molar-refractivity contribution in [1.29, 1.82) is 0 Å². The van der Waals surface area contributed by atoms with Crippen molar-refractivity contribution in [2.24, 2.45) is 4.99 Å². The first-order chi connectivity index (χ1) is 10.3. The second-order valence-electron chi connectivity index (χ2n) is 5.00. The molecule has 0 saturated heterocycles. The molecule has 0 aliphatic rings. The van der Waals surface area contributed by atoms with Crippen LogP contribution in [0.2, 0.25) is 0 Å². The third kappa shape index (κ3) is 12.4. The first kappa shape index (κ1) is 20.6. The largest absolute Gasteiger partial charge is 0.383 e. The molecule has 0 fully saturated rings. The Morgan fingerprint density at radius 1 is 1.32 bits per heavy atom. The summed E-state index contributed by atoms with van der Waals surface area (Å²) in [7, 11) is -1.42. The lowest BCUT2D eigenvalue weighted by molar-refractivity contribution is -0.119. The lowest BCUT2D eigenvalue weighted by Crippen LogP contribution is -2.43. The molecule has 0 aromatic heterocycles. The summed E-state index contributed by atoms with van der Waals surface area (Å²) in [5.41, 5.74) is 0. The fourth-order valence-corrected chi connectivity index (χ4v) is 2.30. The van der Waals surface area contributed by atoms with Crippen LogP contribution in [0, 0.1) is 0 Å². The van der Waals surface area contributed by atoms with E-state index in [1.165, 1.54) is 6.26 Å². The summed E-state index contributed by atoms with van der Waals surface area (Å²) in [4.78, 5) is 15.7. The minimum Gasteiger partial charge on any atom is -0.383 e. The van der Waals surface area contributed by atoms with E-state index in [1.54, 1.807) is 7.11 Å². The molecule has 0 aliphatic heterocycles. The Labute approximate surface area is 133 Å². The van der Waals surface area contributed by atoms with Crippen molar-refractivity contribution in [2.75, 3.05) is 45.4 Å². The van der Waals surface area contributed by atoms with Gasteiger partial charge in [-0.2, -0.15) is 0 Å². The number of aliphatic imine (C=N–C) groups is 1. The molecule has 1 unspecified atom stereocenters. The predicted octanol–water partition coefficient (Wildman–Crippen LogP) is -0.873. The molecule has 3 N–H and O–H groups in total. The second kappa shape index (κ2) is 11.2. The van der Waals surface area contributed by atoms with Crippen molar-refractivity contribution < 1.29 is 17.9 Å². The molecule has 0 aromatic rings. The predicted molar refractivity (Wildman–Crippen MR) is 87.8 cm³/mol. The van der Waals surface area contributed by atoms with Gasteiger partial charge in [-0.05, 0) is 20.3 Å². The van der Waals surface area contributed by atoms with E-state index in [1.807, 2.05) is 13.8 Å².